The van der Waals surface area contributed by atoms with E-state index in [0.29, 0.717) is 48.2 Å². The molecule has 5 rings (SSSR count). The van der Waals surface area contributed by atoms with Crippen molar-refractivity contribution in [2.45, 2.75) is 52.0 Å². The molecular weight excluding hydrogens is 548 g/mol. The first-order valence-corrected chi connectivity index (χ1v) is 14.5. The molecule has 6 nitrogen and oxygen atoms in total. The van der Waals surface area contributed by atoms with Gasteiger partial charge in [-0.2, -0.15) is 5.26 Å². The fourth-order valence-electron chi connectivity index (χ4n) is 5.46. The molecule has 4 aromatic rings. The fourth-order valence-corrected chi connectivity index (χ4v) is 5.75. The Morgan fingerprint density at radius 1 is 0.976 bits per heavy atom. The lowest BCUT2D eigenvalue weighted by molar-refractivity contribution is -0.144. The lowest BCUT2D eigenvalue weighted by Gasteiger charge is -2.33. The van der Waals surface area contributed by atoms with E-state index in [1.807, 2.05) is 59.5 Å². The number of rotatable bonds is 10. The van der Waals surface area contributed by atoms with E-state index in [9.17, 15) is 15.2 Å². The smallest absolute Gasteiger partial charge is 0.320 e. The summed E-state index contributed by atoms with van der Waals surface area (Å²) < 4.78 is 12.6. The monoisotopic (exact) mass is 580 g/mol. The molecule has 1 heterocycles. The van der Waals surface area contributed by atoms with Crippen LogP contribution >= 0.6 is 11.6 Å². The molecule has 4 aromatic carbocycles. The number of ether oxygens (including phenoxy) is 2. The van der Waals surface area contributed by atoms with Gasteiger partial charge in [0.25, 0.3) is 0 Å². The van der Waals surface area contributed by atoms with Gasteiger partial charge in [0.15, 0.2) is 0 Å². The van der Waals surface area contributed by atoms with Gasteiger partial charge in [-0.05, 0) is 72.3 Å². The number of carboxylic acid groups (broad SMARTS) is 1. The summed E-state index contributed by atoms with van der Waals surface area (Å²) in [5.41, 5.74) is 6.64. The summed E-state index contributed by atoms with van der Waals surface area (Å²) in [6.45, 7) is 3.69. The maximum absolute atomic E-state index is 11.9. The van der Waals surface area contributed by atoms with Gasteiger partial charge in [0, 0.05) is 12.1 Å². The molecule has 0 saturated carbocycles. The predicted octanol–water partition coefficient (Wildman–Crippen LogP) is 7.78. The van der Waals surface area contributed by atoms with Gasteiger partial charge in [0.2, 0.25) is 0 Å². The van der Waals surface area contributed by atoms with Crippen LogP contribution in [-0.2, 0) is 24.6 Å². The number of carboxylic acids is 1. The highest BCUT2D eigenvalue weighted by atomic mass is 35.5. The number of hydrogen-bond donors (Lipinski definition) is 1. The van der Waals surface area contributed by atoms with Crippen LogP contribution in [-0.4, -0.2) is 28.6 Å². The molecule has 1 unspecified atom stereocenters. The van der Waals surface area contributed by atoms with E-state index in [4.69, 9.17) is 21.1 Å². The van der Waals surface area contributed by atoms with Crippen molar-refractivity contribution in [2.75, 3.05) is 6.54 Å². The molecule has 1 atom stereocenters. The van der Waals surface area contributed by atoms with Gasteiger partial charge in [-0.25, -0.2) is 0 Å². The fraction of sp³-hybridized carbons (Fsp3) is 0.257. The summed E-state index contributed by atoms with van der Waals surface area (Å²) in [6.07, 6.45) is 2.45. The van der Waals surface area contributed by atoms with Crippen LogP contribution in [0.25, 0.3) is 11.1 Å². The number of hydrogen-bond acceptors (Lipinski definition) is 5. The first kappa shape index (κ1) is 29.2. The summed E-state index contributed by atoms with van der Waals surface area (Å²) in [7, 11) is 0. The number of likely N-dealkylation sites (tertiary alicyclic amines) is 1. The molecule has 0 aliphatic carbocycles. The second kappa shape index (κ2) is 13.6. The number of benzene rings is 4. The van der Waals surface area contributed by atoms with E-state index < -0.39 is 12.0 Å². The Kier molecular flexibility index (Phi) is 9.43. The number of nitrogens with zero attached hydrogens (tertiary/aromatic N) is 2. The van der Waals surface area contributed by atoms with Crippen LogP contribution in [0.15, 0.2) is 84.9 Å². The number of piperidine rings is 1. The van der Waals surface area contributed by atoms with Crippen LogP contribution in [0.4, 0.5) is 0 Å². The predicted molar refractivity (Wildman–Crippen MR) is 164 cm³/mol. The Labute approximate surface area is 251 Å². The van der Waals surface area contributed by atoms with Crippen LogP contribution in [0.1, 0.15) is 47.1 Å². The minimum Gasteiger partial charge on any atom is -0.487 e. The first-order valence-electron chi connectivity index (χ1n) is 14.1. The maximum Gasteiger partial charge on any atom is 0.320 e. The van der Waals surface area contributed by atoms with E-state index in [0.717, 1.165) is 46.2 Å². The molecule has 0 amide bonds. The van der Waals surface area contributed by atoms with Gasteiger partial charge in [0.1, 0.15) is 35.8 Å². The normalized spacial score (nSPS) is 15.1. The van der Waals surface area contributed by atoms with Crippen LogP contribution < -0.4 is 9.47 Å². The molecule has 214 valence electrons. The second-order valence-corrected chi connectivity index (χ2v) is 10.9. The third-order valence-electron chi connectivity index (χ3n) is 7.77. The highest BCUT2D eigenvalue weighted by Gasteiger charge is 2.29. The van der Waals surface area contributed by atoms with Crippen molar-refractivity contribution in [2.24, 2.45) is 0 Å². The molecule has 1 saturated heterocycles. The van der Waals surface area contributed by atoms with Gasteiger partial charge in [0.05, 0.1) is 11.6 Å². The van der Waals surface area contributed by atoms with Crippen molar-refractivity contribution < 1.29 is 19.4 Å². The Bertz CT molecular complexity index is 1600. The minimum absolute atomic E-state index is 0.201. The van der Waals surface area contributed by atoms with E-state index >= 15 is 0 Å². The Morgan fingerprint density at radius 2 is 1.79 bits per heavy atom. The third kappa shape index (κ3) is 6.76. The molecule has 0 spiro atoms. The molecule has 1 fully saturated rings. The number of nitriles is 1. The number of halogens is 1. The van der Waals surface area contributed by atoms with Gasteiger partial charge in [-0.15, -0.1) is 0 Å². The standard InChI is InChI=1S/C35H33ClN2O4/c1-24-29(13-8-14-30(24)27-11-3-2-4-12-27)23-41-32-17-16-28(21-38-18-6-5-15-31(38)35(39)40)34(33(32)36)42-22-26-10-7-9-25(19-26)20-37/h2-4,7-14,16-17,19,31H,5-6,15,18,21-23H2,1H3,(H,39,40). The largest absolute Gasteiger partial charge is 0.487 e. The summed E-state index contributed by atoms with van der Waals surface area (Å²) >= 11 is 6.95. The summed E-state index contributed by atoms with van der Waals surface area (Å²) in [5, 5.41) is 19.4. The summed E-state index contributed by atoms with van der Waals surface area (Å²) in [4.78, 5) is 13.9. The van der Waals surface area contributed by atoms with Crippen molar-refractivity contribution in [3.05, 3.63) is 118 Å². The SMILES string of the molecule is Cc1c(COc2ccc(CN3CCCCC3C(=O)O)c(OCc3cccc(C#N)c3)c2Cl)cccc1-c1ccccc1. The Hall–Kier alpha value is -4.31. The van der Waals surface area contributed by atoms with Crippen LogP contribution in [0, 0.1) is 18.3 Å². The van der Waals surface area contributed by atoms with E-state index in [1.165, 1.54) is 0 Å². The Morgan fingerprint density at radius 3 is 2.57 bits per heavy atom. The molecule has 0 bridgehead atoms. The van der Waals surface area contributed by atoms with Crippen molar-refractivity contribution in [3.8, 4) is 28.7 Å². The molecule has 1 N–H and O–H groups in total. The number of carbonyl (C=O) groups is 1. The van der Waals surface area contributed by atoms with Gasteiger partial charge < -0.3 is 14.6 Å². The van der Waals surface area contributed by atoms with Gasteiger partial charge >= 0.3 is 5.97 Å². The highest BCUT2D eigenvalue weighted by Crippen LogP contribution is 2.40. The van der Waals surface area contributed by atoms with Crippen molar-refractivity contribution in [3.63, 3.8) is 0 Å². The topological polar surface area (TPSA) is 82.8 Å². The Balaban J connectivity index is 1.41. The molecular formula is C35H33ClN2O4. The molecule has 42 heavy (non-hydrogen) atoms. The molecule has 1 aliphatic heterocycles. The van der Waals surface area contributed by atoms with E-state index in [2.05, 4.69) is 31.2 Å². The quantitative estimate of drug-likeness (QED) is 0.206. The molecule has 0 aromatic heterocycles. The molecule has 1 aliphatic rings. The zero-order valence-electron chi connectivity index (χ0n) is 23.6. The van der Waals surface area contributed by atoms with Crippen LogP contribution in [0.3, 0.4) is 0 Å². The molecule has 0 radical (unpaired) electrons. The van der Waals surface area contributed by atoms with Gasteiger partial charge in [-0.1, -0.05) is 84.8 Å². The van der Waals surface area contributed by atoms with E-state index in [-0.39, 0.29) is 6.61 Å². The summed E-state index contributed by atoms with van der Waals surface area (Å²) in [6, 6.07) is 29.0. The van der Waals surface area contributed by atoms with Gasteiger partial charge in [-0.3, -0.25) is 9.69 Å². The van der Waals surface area contributed by atoms with E-state index in [1.54, 1.807) is 12.1 Å². The van der Waals surface area contributed by atoms with Crippen molar-refractivity contribution >= 4 is 17.6 Å². The maximum atomic E-state index is 11.9. The number of aliphatic carboxylic acids is 1. The summed E-state index contributed by atoms with van der Waals surface area (Å²) in [5.74, 6) is 0.129. The van der Waals surface area contributed by atoms with Crippen molar-refractivity contribution in [1.82, 2.24) is 4.90 Å². The zero-order chi connectivity index (χ0) is 29.5. The first-order chi connectivity index (χ1) is 20.4. The zero-order valence-corrected chi connectivity index (χ0v) is 24.3. The lowest BCUT2D eigenvalue weighted by Crippen LogP contribution is -2.44. The minimum atomic E-state index is -0.815. The van der Waals surface area contributed by atoms with Crippen LogP contribution in [0.2, 0.25) is 5.02 Å². The highest BCUT2D eigenvalue weighted by molar-refractivity contribution is 6.33. The van der Waals surface area contributed by atoms with Crippen molar-refractivity contribution in [1.29, 1.82) is 5.26 Å². The average Bonchev–Trinajstić information content (AvgIpc) is 3.01. The molecule has 7 heteroatoms. The third-order valence-corrected chi connectivity index (χ3v) is 8.13. The lowest BCUT2D eigenvalue weighted by atomic mass is 9.97. The average molecular weight is 581 g/mol. The van der Waals surface area contributed by atoms with Crippen LogP contribution in [0.5, 0.6) is 11.5 Å². The second-order valence-electron chi connectivity index (χ2n) is 10.5.